The number of ether oxygens (including phenoxy) is 2. The molecule has 6 aromatic rings. The van der Waals surface area contributed by atoms with Gasteiger partial charge in [-0.1, -0.05) is 42.0 Å². The van der Waals surface area contributed by atoms with Crippen LogP contribution in [-0.2, 0) is 0 Å². The van der Waals surface area contributed by atoms with Gasteiger partial charge >= 0.3 is 59.1 Å². The van der Waals surface area contributed by atoms with E-state index in [1.807, 2.05) is 31.2 Å². The molecule has 6 rings (SSSR count). The molecule has 0 aliphatic rings. The Morgan fingerprint density at radius 2 is 0.740 bits per heavy atom. The van der Waals surface area contributed by atoms with Crippen molar-refractivity contribution in [3.8, 4) is 28.7 Å². The van der Waals surface area contributed by atoms with E-state index in [0.717, 1.165) is 11.5 Å². The average Bonchev–Trinajstić information content (AvgIpc) is 3.11. The van der Waals surface area contributed by atoms with Crippen molar-refractivity contribution in [2.75, 3.05) is 7.11 Å². The quantitative estimate of drug-likeness (QED) is 0.188. The van der Waals surface area contributed by atoms with E-state index in [9.17, 15) is 28.6 Å². The number of hydrogen-bond acceptors (Lipinski definition) is 6. The molecule has 6 nitrogen and oxygen atoms in total. The smallest absolute Gasteiger partial charge is 0.872 e. The van der Waals surface area contributed by atoms with E-state index in [1.165, 1.54) is 78.4 Å². The molecular formula is C40H30F2Na2O6. The molecule has 0 amide bonds. The third kappa shape index (κ3) is 13.2. The van der Waals surface area contributed by atoms with Crippen molar-refractivity contribution in [2.24, 2.45) is 0 Å². The summed E-state index contributed by atoms with van der Waals surface area (Å²) < 4.78 is 36.2. The fourth-order valence-electron chi connectivity index (χ4n) is 4.13. The van der Waals surface area contributed by atoms with E-state index >= 15 is 0 Å². The molecule has 0 heterocycles. The van der Waals surface area contributed by atoms with Crippen LogP contribution in [0.1, 0.15) is 37.4 Å². The summed E-state index contributed by atoms with van der Waals surface area (Å²) in [7, 11) is 1.60. The zero-order chi connectivity index (χ0) is 34.5. The molecule has 50 heavy (non-hydrogen) atoms. The van der Waals surface area contributed by atoms with Crippen LogP contribution in [0.15, 0.2) is 146 Å². The molecule has 0 aromatic heterocycles. The van der Waals surface area contributed by atoms with E-state index in [0.29, 0.717) is 28.0 Å². The van der Waals surface area contributed by atoms with Crippen LogP contribution in [0.2, 0.25) is 0 Å². The molecule has 242 valence electrons. The van der Waals surface area contributed by atoms with Crippen LogP contribution in [0.4, 0.5) is 8.78 Å². The van der Waals surface area contributed by atoms with E-state index in [1.54, 1.807) is 55.6 Å². The fourth-order valence-corrected chi connectivity index (χ4v) is 4.13. The van der Waals surface area contributed by atoms with Gasteiger partial charge in [0.05, 0.1) is 7.11 Å². The number of carbonyl (C=O) groups excluding carboxylic acids is 2. The van der Waals surface area contributed by atoms with Crippen molar-refractivity contribution in [3.05, 3.63) is 185 Å². The van der Waals surface area contributed by atoms with E-state index in [-0.39, 0.29) is 82.2 Å². The predicted octanol–water partition coefficient (Wildman–Crippen LogP) is 2.06. The van der Waals surface area contributed by atoms with E-state index in [2.05, 4.69) is 0 Å². The Bertz CT molecular complexity index is 1850. The van der Waals surface area contributed by atoms with Crippen molar-refractivity contribution in [2.45, 2.75) is 6.92 Å². The Morgan fingerprint density at radius 3 is 1.06 bits per heavy atom. The summed E-state index contributed by atoms with van der Waals surface area (Å²) in [5.41, 5.74) is 3.20. The van der Waals surface area contributed by atoms with Crippen LogP contribution in [0.25, 0.3) is 0 Å². The molecule has 0 N–H and O–H groups in total. The topological polar surface area (TPSA) is 98.7 Å². The molecular weight excluding hydrogens is 660 g/mol. The van der Waals surface area contributed by atoms with E-state index < -0.39 is 11.6 Å². The molecule has 0 fully saturated rings. The van der Waals surface area contributed by atoms with Gasteiger partial charge in [0.25, 0.3) is 0 Å². The van der Waals surface area contributed by atoms with Gasteiger partial charge in [-0.15, -0.1) is 11.5 Å². The van der Waals surface area contributed by atoms with Crippen LogP contribution < -0.4 is 78.8 Å². The molecule has 10 heteroatoms. The molecule has 0 bridgehead atoms. The largest absolute Gasteiger partial charge is 1.00 e. The number of carbonyl (C=O) groups is 2. The number of methoxy groups -OCH3 is 1. The van der Waals surface area contributed by atoms with Gasteiger partial charge in [-0.25, -0.2) is 8.78 Å². The Labute approximate surface area is 333 Å². The summed E-state index contributed by atoms with van der Waals surface area (Å²) in [6.07, 6.45) is 0. The van der Waals surface area contributed by atoms with Crippen LogP contribution >= 0.6 is 0 Å². The number of benzene rings is 6. The second kappa shape index (κ2) is 21.1. The summed E-state index contributed by atoms with van der Waals surface area (Å²) in [4.78, 5) is 24.3. The zero-order valence-electron chi connectivity index (χ0n) is 28.1. The second-order valence-corrected chi connectivity index (χ2v) is 10.3. The van der Waals surface area contributed by atoms with Crippen LogP contribution in [-0.4, -0.2) is 18.7 Å². The summed E-state index contributed by atoms with van der Waals surface area (Å²) in [6.45, 7) is 2.03. The molecule has 0 saturated heterocycles. The third-order valence-electron chi connectivity index (χ3n) is 6.76. The summed E-state index contributed by atoms with van der Waals surface area (Å²) >= 11 is 0. The first-order chi connectivity index (χ1) is 23.1. The summed E-state index contributed by atoms with van der Waals surface area (Å²) in [6, 6.07) is 37.6. The maximum Gasteiger partial charge on any atom is 1.00 e. The van der Waals surface area contributed by atoms with Gasteiger partial charge in [0, 0.05) is 22.3 Å². The van der Waals surface area contributed by atoms with Gasteiger partial charge < -0.3 is 19.7 Å². The van der Waals surface area contributed by atoms with Crippen molar-refractivity contribution >= 4 is 11.6 Å². The van der Waals surface area contributed by atoms with Gasteiger partial charge in [0.15, 0.2) is 11.6 Å². The Hall–Kier alpha value is -4.28. The molecule has 0 spiro atoms. The van der Waals surface area contributed by atoms with Crippen molar-refractivity contribution < 1.29 is 97.2 Å². The Kier molecular flexibility index (Phi) is 17.6. The molecule has 0 unspecified atom stereocenters. The van der Waals surface area contributed by atoms with Gasteiger partial charge in [0.1, 0.15) is 28.9 Å². The van der Waals surface area contributed by atoms with Crippen molar-refractivity contribution in [3.63, 3.8) is 0 Å². The first-order valence-corrected chi connectivity index (χ1v) is 14.6. The maximum atomic E-state index is 12.6. The van der Waals surface area contributed by atoms with Crippen LogP contribution in [0.3, 0.4) is 0 Å². The minimum atomic E-state index is -0.393. The Balaban J connectivity index is 0.000000287. The minimum Gasteiger partial charge on any atom is -0.872 e. The van der Waals surface area contributed by atoms with Crippen molar-refractivity contribution in [1.29, 1.82) is 0 Å². The van der Waals surface area contributed by atoms with Gasteiger partial charge in [-0.05, 0) is 116 Å². The summed E-state index contributed by atoms with van der Waals surface area (Å²) in [5.74, 6) is 0.897. The monoisotopic (exact) mass is 690 g/mol. The van der Waals surface area contributed by atoms with Gasteiger partial charge in [-0.2, -0.15) is 0 Å². The first kappa shape index (κ1) is 41.9. The van der Waals surface area contributed by atoms with Crippen LogP contribution in [0.5, 0.6) is 28.7 Å². The van der Waals surface area contributed by atoms with Gasteiger partial charge in [-0.3, -0.25) is 9.59 Å². The molecule has 0 saturated carbocycles. The summed E-state index contributed by atoms with van der Waals surface area (Å²) in [5, 5.41) is 20.6. The Morgan fingerprint density at radius 1 is 0.460 bits per heavy atom. The number of aryl methyl sites for hydroxylation is 1. The fraction of sp³-hybridized carbons (Fsp3) is 0.0500. The molecule has 0 radical (unpaired) electrons. The van der Waals surface area contributed by atoms with E-state index in [4.69, 9.17) is 9.47 Å². The molecule has 6 aromatic carbocycles. The van der Waals surface area contributed by atoms with Gasteiger partial charge in [0.2, 0.25) is 0 Å². The molecule has 0 aliphatic carbocycles. The average molecular weight is 691 g/mol. The number of ketones is 2. The normalized spacial score (nSPS) is 9.60. The second-order valence-electron chi connectivity index (χ2n) is 10.3. The minimum absolute atomic E-state index is 0. The zero-order valence-corrected chi connectivity index (χ0v) is 32.1. The SMILES string of the molecule is COc1ccc(C(=O)c2ccc(Oc3ccc(C)cc3)cc2)cc1.O=C(c1ccc(F)cc1)c1ccc(F)cc1.[Na+].[Na+].[O-]c1ccc([O-])cc1. The molecule has 0 aliphatic heterocycles. The van der Waals surface area contributed by atoms with Crippen molar-refractivity contribution in [1.82, 2.24) is 0 Å². The first-order valence-electron chi connectivity index (χ1n) is 14.6. The standard InChI is InChI=1S/C21H18O3.C13H8F2O.C6H6O2.2Na/c1-15-3-9-19(10-4-15)24-20-13-7-17(8-14-20)21(22)16-5-11-18(23-2)12-6-16;14-11-5-1-9(2-6-11)13(16)10-3-7-12(15)8-4-10;7-5-1-2-6(8)4-3-5;;/h3-14H,1-2H3;1-8H;1-4,7-8H;;/q;;;2*+1/p-2. The molecule has 0 atom stereocenters. The number of halogens is 2. The van der Waals surface area contributed by atoms with Crippen LogP contribution in [0, 0.1) is 18.6 Å². The number of rotatable bonds is 7. The predicted molar refractivity (Wildman–Crippen MR) is 176 cm³/mol. The third-order valence-corrected chi connectivity index (χ3v) is 6.76. The number of hydrogen-bond donors (Lipinski definition) is 0. The maximum absolute atomic E-state index is 12.6.